The average Bonchev–Trinajstić information content (AvgIpc) is 2.72. The van der Waals surface area contributed by atoms with Gasteiger partial charge in [0.2, 0.25) is 11.8 Å². The van der Waals surface area contributed by atoms with Gasteiger partial charge in [-0.3, -0.25) is 24.6 Å². The number of nitrogens with zero attached hydrogens (tertiary/aromatic N) is 2. The Labute approximate surface area is 121 Å². The molecular formula is C15H14N2O4. The maximum absolute atomic E-state index is 12.5. The van der Waals surface area contributed by atoms with Crippen LogP contribution in [0.3, 0.4) is 0 Å². The van der Waals surface area contributed by atoms with E-state index in [-0.39, 0.29) is 35.3 Å². The standard InChI is InChI=1S/C15H14N2O4/c1-9-3-2-4-12-13(9)15(19)16(14(12)18)10-5-7-11(8-6-10)17(20)21/h2-3,5-9,12-13H,4H2,1H3/t9-,12+,13+/m0/s1. The summed E-state index contributed by atoms with van der Waals surface area (Å²) in [5.41, 5.74) is 0.336. The van der Waals surface area contributed by atoms with Crippen LogP contribution >= 0.6 is 0 Å². The second kappa shape index (κ2) is 4.80. The van der Waals surface area contributed by atoms with Crippen molar-refractivity contribution < 1.29 is 14.5 Å². The van der Waals surface area contributed by atoms with Crippen LogP contribution in [0.1, 0.15) is 13.3 Å². The van der Waals surface area contributed by atoms with E-state index in [0.717, 1.165) is 0 Å². The van der Waals surface area contributed by atoms with Gasteiger partial charge in [-0.25, -0.2) is 0 Å². The second-order valence-electron chi connectivity index (χ2n) is 5.44. The fourth-order valence-corrected chi connectivity index (χ4v) is 3.13. The minimum Gasteiger partial charge on any atom is -0.274 e. The summed E-state index contributed by atoms with van der Waals surface area (Å²) in [6.45, 7) is 1.93. The number of carbonyl (C=O) groups excluding carboxylic acids is 2. The number of hydrogen-bond donors (Lipinski definition) is 0. The molecule has 1 aromatic carbocycles. The maximum atomic E-state index is 12.5. The number of carbonyl (C=O) groups is 2. The Morgan fingerprint density at radius 3 is 2.43 bits per heavy atom. The van der Waals surface area contributed by atoms with Gasteiger partial charge in [0, 0.05) is 12.1 Å². The van der Waals surface area contributed by atoms with Gasteiger partial charge in [-0.15, -0.1) is 0 Å². The Balaban J connectivity index is 1.94. The lowest BCUT2D eigenvalue weighted by molar-refractivity contribution is -0.384. The molecule has 1 aromatic rings. The summed E-state index contributed by atoms with van der Waals surface area (Å²) in [4.78, 5) is 36.3. The van der Waals surface area contributed by atoms with Gasteiger partial charge in [-0.1, -0.05) is 19.1 Å². The SMILES string of the molecule is C[C@H]1C=CC[C@H]2C(=O)N(c3ccc([N+](=O)[O-])cc3)C(=O)[C@H]12. The van der Waals surface area contributed by atoms with Crippen molar-refractivity contribution in [3.63, 3.8) is 0 Å². The first-order valence-corrected chi connectivity index (χ1v) is 6.79. The fraction of sp³-hybridized carbons (Fsp3) is 0.333. The van der Waals surface area contributed by atoms with Gasteiger partial charge >= 0.3 is 0 Å². The number of allylic oxidation sites excluding steroid dienone is 2. The molecule has 0 radical (unpaired) electrons. The van der Waals surface area contributed by atoms with Gasteiger partial charge < -0.3 is 0 Å². The van der Waals surface area contributed by atoms with Crippen molar-refractivity contribution in [1.29, 1.82) is 0 Å². The Hall–Kier alpha value is -2.50. The molecule has 108 valence electrons. The number of nitro groups is 1. The van der Waals surface area contributed by atoms with E-state index in [9.17, 15) is 19.7 Å². The maximum Gasteiger partial charge on any atom is 0.269 e. The molecule has 0 N–H and O–H groups in total. The van der Waals surface area contributed by atoms with Crippen molar-refractivity contribution in [3.8, 4) is 0 Å². The number of amides is 2. The number of rotatable bonds is 2. The van der Waals surface area contributed by atoms with Crippen LogP contribution in [0.4, 0.5) is 11.4 Å². The van der Waals surface area contributed by atoms with E-state index >= 15 is 0 Å². The molecule has 1 saturated heterocycles. The van der Waals surface area contributed by atoms with E-state index in [1.807, 2.05) is 19.1 Å². The summed E-state index contributed by atoms with van der Waals surface area (Å²) in [7, 11) is 0. The first-order valence-electron chi connectivity index (χ1n) is 6.79. The minimum absolute atomic E-state index is 0.0308. The molecule has 1 aliphatic heterocycles. The van der Waals surface area contributed by atoms with Gasteiger partial charge in [0.05, 0.1) is 22.4 Å². The topological polar surface area (TPSA) is 80.5 Å². The zero-order valence-electron chi connectivity index (χ0n) is 11.4. The van der Waals surface area contributed by atoms with Crippen LogP contribution < -0.4 is 4.90 Å². The highest BCUT2D eigenvalue weighted by Gasteiger charge is 2.50. The van der Waals surface area contributed by atoms with Crippen molar-refractivity contribution in [3.05, 3.63) is 46.5 Å². The number of non-ortho nitro benzene ring substituents is 1. The van der Waals surface area contributed by atoms with E-state index in [4.69, 9.17) is 0 Å². The zero-order valence-corrected chi connectivity index (χ0v) is 11.4. The lowest BCUT2D eigenvalue weighted by Gasteiger charge is -2.22. The molecule has 1 heterocycles. The average molecular weight is 286 g/mol. The lowest BCUT2D eigenvalue weighted by Crippen LogP contribution is -2.31. The molecular weight excluding hydrogens is 272 g/mol. The van der Waals surface area contributed by atoms with Crippen LogP contribution in [0.25, 0.3) is 0 Å². The van der Waals surface area contributed by atoms with E-state index in [2.05, 4.69) is 0 Å². The van der Waals surface area contributed by atoms with Crippen LogP contribution in [0.2, 0.25) is 0 Å². The van der Waals surface area contributed by atoms with Gasteiger partial charge in [0.25, 0.3) is 5.69 Å². The molecule has 3 rings (SSSR count). The number of hydrogen-bond acceptors (Lipinski definition) is 4. The molecule has 2 aliphatic rings. The normalized spacial score (nSPS) is 27.9. The molecule has 21 heavy (non-hydrogen) atoms. The monoisotopic (exact) mass is 286 g/mol. The van der Waals surface area contributed by atoms with E-state index in [1.54, 1.807) is 0 Å². The van der Waals surface area contributed by atoms with Crippen molar-refractivity contribution in [1.82, 2.24) is 0 Å². The summed E-state index contributed by atoms with van der Waals surface area (Å²) in [6, 6.07) is 5.51. The predicted octanol–water partition coefficient (Wildman–Crippen LogP) is 2.30. The number of imide groups is 1. The minimum atomic E-state index is -0.511. The summed E-state index contributed by atoms with van der Waals surface area (Å²) in [5, 5.41) is 10.7. The Morgan fingerprint density at radius 1 is 1.19 bits per heavy atom. The Morgan fingerprint density at radius 2 is 1.86 bits per heavy atom. The predicted molar refractivity (Wildman–Crippen MR) is 75.5 cm³/mol. The Kier molecular flexibility index (Phi) is 3.08. The van der Waals surface area contributed by atoms with Crippen molar-refractivity contribution >= 4 is 23.2 Å². The number of benzene rings is 1. The molecule has 0 spiro atoms. The molecule has 0 saturated carbocycles. The van der Waals surface area contributed by atoms with Crippen molar-refractivity contribution in [2.45, 2.75) is 13.3 Å². The summed E-state index contributed by atoms with van der Waals surface area (Å²) in [5.74, 6) is -1.03. The molecule has 6 nitrogen and oxygen atoms in total. The third-order valence-corrected chi connectivity index (χ3v) is 4.19. The molecule has 1 fully saturated rings. The smallest absolute Gasteiger partial charge is 0.269 e. The molecule has 0 aromatic heterocycles. The van der Waals surface area contributed by atoms with Gasteiger partial charge in [-0.05, 0) is 24.5 Å². The van der Waals surface area contributed by atoms with Crippen LogP contribution in [0.5, 0.6) is 0 Å². The van der Waals surface area contributed by atoms with Gasteiger partial charge in [-0.2, -0.15) is 0 Å². The lowest BCUT2D eigenvalue weighted by atomic mass is 9.78. The van der Waals surface area contributed by atoms with Crippen LogP contribution in [0.15, 0.2) is 36.4 Å². The van der Waals surface area contributed by atoms with Crippen molar-refractivity contribution in [2.75, 3.05) is 4.90 Å². The zero-order chi connectivity index (χ0) is 15.1. The highest BCUT2D eigenvalue weighted by Crippen LogP contribution is 2.40. The number of anilines is 1. The van der Waals surface area contributed by atoms with Crippen molar-refractivity contribution in [2.24, 2.45) is 17.8 Å². The van der Waals surface area contributed by atoms with E-state index < -0.39 is 4.92 Å². The highest BCUT2D eigenvalue weighted by atomic mass is 16.6. The van der Waals surface area contributed by atoms with Crippen LogP contribution in [-0.2, 0) is 9.59 Å². The molecule has 1 aliphatic carbocycles. The third kappa shape index (κ3) is 2.03. The number of nitro benzene ring substituents is 1. The van der Waals surface area contributed by atoms with Gasteiger partial charge in [0.1, 0.15) is 0 Å². The molecule has 0 bridgehead atoms. The van der Waals surface area contributed by atoms with Crippen LogP contribution in [-0.4, -0.2) is 16.7 Å². The third-order valence-electron chi connectivity index (χ3n) is 4.19. The quantitative estimate of drug-likeness (QED) is 0.361. The van der Waals surface area contributed by atoms with Gasteiger partial charge in [0.15, 0.2) is 0 Å². The van der Waals surface area contributed by atoms with E-state index in [1.165, 1.54) is 29.2 Å². The number of fused-ring (bicyclic) bond motifs is 1. The largest absolute Gasteiger partial charge is 0.274 e. The van der Waals surface area contributed by atoms with Crippen LogP contribution in [0, 0.1) is 27.9 Å². The second-order valence-corrected chi connectivity index (χ2v) is 5.44. The summed E-state index contributed by atoms with van der Waals surface area (Å²) in [6.07, 6.45) is 4.48. The molecule has 2 amide bonds. The first-order chi connectivity index (χ1) is 10.0. The fourth-order valence-electron chi connectivity index (χ4n) is 3.13. The van der Waals surface area contributed by atoms with E-state index in [0.29, 0.717) is 12.1 Å². The highest BCUT2D eigenvalue weighted by molar-refractivity contribution is 6.22. The summed E-state index contributed by atoms with van der Waals surface area (Å²) >= 11 is 0. The molecule has 3 atom stereocenters. The molecule has 0 unspecified atom stereocenters. The Bertz CT molecular complexity index is 650. The summed E-state index contributed by atoms with van der Waals surface area (Å²) < 4.78 is 0. The first kappa shape index (κ1) is 13.5. The molecule has 6 heteroatoms.